The summed E-state index contributed by atoms with van der Waals surface area (Å²) >= 11 is 0. The summed E-state index contributed by atoms with van der Waals surface area (Å²) in [6, 6.07) is 12.6. The molecule has 0 aliphatic carbocycles. The standard InChI is InChI=1S/C23H12F2N2O3/c24-15-6-2-1-4-12(15)11-27-17-10-16(25)13-7-9-29-21(13)19(17)18-14-5-3-8-26-22(14)30-23(28)20(18)27/h1-10H,11H2. The maximum absolute atomic E-state index is 14.8. The molecule has 6 aromatic rings. The number of aromatic nitrogens is 2. The minimum absolute atomic E-state index is 0.0227. The van der Waals surface area contributed by atoms with Gasteiger partial charge in [-0.25, -0.2) is 18.6 Å². The van der Waals surface area contributed by atoms with Gasteiger partial charge >= 0.3 is 5.63 Å². The van der Waals surface area contributed by atoms with E-state index in [9.17, 15) is 13.6 Å². The molecule has 0 aliphatic heterocycles. The van der Waals surface area contributed by atoms with Gasteiger partial charge in [-0.15, -0.1) is 0 Å². The topological polar surface area (TPSA) is 61.2 Å². The van der Waals surface area contributed by atoms with Crippen molar-refractivity contribution >= 4 is 43.9 Å². The Bertz CT molecular complexity index is 1680. The second kappa shape index (κ2) is 6.00. The fourth-order valence-corrected chi connectivity index (χ4v) is 4.14. The lowest BCUT2D eigenvalue weighted by molar-refractivity contribution is 0.552. The molecule has 0 saturated heterocycles. The van der Waals surface area contributed by atoms with E-state index < -0.39 is 17.3 Å². The summed E-state index contributed by atoms with van der Waals surface area (Å²) in [5, 5.41) is 2.00. The van der Waals surface area contributed by atoms with Crippen LogP contribution in [-0.2, 0) is 6.54 Å². The van der Waals surface area contributed by atoms with Crippen LogP contribution in [-0.4, -0.2) is 9.55 Å². The van der Waals surface area contributed by atoms with E-state index >= 15 is 0 Å². The molecule has 0 spiro atoms. The molecule has 4 heterocycles. The SMILES string of the molecule is O=c1oc2ncccc2c2c3c4occc4c(F)cc3n(Cc3ccccc3F)c12. The van der Waals surface area contributed by atoms with E-state index in [-0.39, 0.29) is 17.8 Å². The molecular weight excluding hydrogens is 390 g/mol. The third kappa shape index (κ3) is 2.20. The number of hydrogen-bond acceptors (Lipinski definition) is 4. The van der Waals surface area contributed by atoms with Gasteiger partial charge in [0.15, 0.2) is 0 Å². The van der Waals surface area contributed by atoms with Crippen LogP contribution in [0.25, 0.3) is 43.9 Å². The van der Waals surface area contributed by atoms with Crippen molar-refractivity contribution in [1.82, 2.24) is 9.55 Å². The molecule has 0 atom stereocenters. The number of benzene rings is 2. The highest BCUT2D eigenvalue weighted by atomic mass is 19.1. The van der Waals surface area contributed by atoms with Crippen molar-refractivity contribution in [2.75, 3.05) is 0 Å². The van der Waals surface area contributed by atoms with Crippen LogP contribution < -0.4 is 5.63 Å². The first-order chi connectivity index (χ1) is 14.6. The predicted molar refractivity (Wildman–Crippen MR) is 109 cm³/mol. The van der Waals surface area contributed by atoms with Crippen LogP contribution in [0.2, 0.25) is 0 Å². The molecule has 0 bridgehead atoms. The van der Waals surface area contributed by atoms with Crippen molar-refractivity contribution in [2.24, 2.45) is 0 Å². The lowest BCUT2D eigenvalue weighted by Crippen LogP contribution is -2.09. The molecule has 0 saturated carbocycles. The van der Waals surface area contributed by atoms with Gasteiger partial charge in [0.05, 0.1) is 29.1 Å². The largest absolute Gasteiger partial charge is 0.463 e. The van der Waals surface area contributed by atoms with E-state index in [2.05, 4.69) is 4.98 Å². The maximum atomic E-state index is 14.8. The third-order valence-corrected chi connectivity index (χ3v) is 5.43. The van der Waals surface area contributed by atoms with Crippen LogP contribution in [0.5, 0.6) is 0 Å². The normalized spacial score (nSPS) is 11.9. The third-order valence-electron chi connectivity index (χ3n) is 5.43. The first kappa shape index (κ1) is 16.9. The van der Waals surface area contributed by atoms with Crippen LogP contribution in [0.4, 0.5) is 8.78 Å². The summed E-state index contributed by atoms with van der Waals surface area (Å²) in [4.78, 5) is 17.1. The molecule has 6 rings (SSSR count). The van der Waals surface area contributed by atoms with Gasteiger partial charge in [0.2, 0.25) is 5.71 Å². The quantitative estimate of drug-likeness (QED) is 0.391. The van der Waals surface area contributed by atoms with Crippen molar-refractivity contribution in [3.63, 3.8) is 0 Å². The average molecular weight is 402 g/mol. The average Bonchev–Trinajstić information content (AvgIpc) is 3.34. The monoisotopic (exact) mass is 402 g/mol. The second-order valence-electron chi connectivity index (χ2n) is 7.06. The minimum atomic E-state index is -0.635. The van der Waals surface area contributed by atoms with Gasteiger partial charge in [-0.05, 0) is 30.3 Å². The Hall–Kier alpha value is -4.00. The van der Waals surface area contributed by atoms with Crippen molar-refractivity contribution in [1.29, 1.82) is 0 Å². The Labute approximate surface area is 166 Å². The molecule has 146 valence electrons. The van der Waals surface area contributed by atoms with Crippen LogP contribution >= 0.6 is 0 Å². The first-order valence-electron chi connectivity index (χ1n) is 9.26. The molecule has 5 nitrogen and oxygen atoms in total. The minimum Gasteiger partial charge on any atom is -0.463 e. The molecule has 0 fully saturated rings. The Morgan fingerprint density at radius 2 is 1.83 bits per heavy atom. The molecule has 0 unspecified atom stereocenters. The number of rotatable bonds is 2. The number of pyridine rings is 1. The molecular formula is C23H12F2N2O3. The second-order valence-corrected chi connectivity index (χ2v) is 7.06. The number of furan rings is 1. The molecule has 0 aliphatic rings. The lowest BCUT2D eigenvalue weighted by atomic mass is 10.1. The Balaban J connectivity index is 1.88. The van der Waals surface area contributed by atoms with E-state index in [1.807, 2.05) is 0 Å². The van der Waals surface area contributed by atoms with Gasteiger partial charge in [-0.3, -0.25) is 0 Å². The zero-order valence-electron chi connectivity index (χ0n) is 15.4. The Kier molecular flexibility index (Phi) is 3.38. The highest BCUT2D eigenvalue weighted by Crippen LogP contribution is 2.39. The predicted octanol–water partition coefficient (Wildman–Crippen LogP) is 5.37. The molecule has 2 aromatic carbocycles. The zero-order valence-corrected chi connectivity index (χ0v) is 15.4. The van der Waals surface area contributed by atoms with E-state index in [1.54, 1.807) is 34.9 Å². The van der Waals surface area contributed by atoms with E-state index in [4.69, 9.17) is 8.83 Å². The number of nitrogens with zero attached hydrogens (tertiary/aromatic N) is 2. The Morgan fingerprint density at radius 3 is 2.70 bits per heavy atom. The summed E-state index contributed by atoms with van der Waals surface area (Å²) in [6.45, 7) is 0.0227. The van der Waals surface area contributed by atoms with E-state index in [1.165, 1.54) is 30.7 Å². The highest BCUT2D eigenvalue weighted by molar-refractivity contribution is 6.25. The van der Waals surface area contributed by atoms with E-state index in [0.717, 1.165) is 0 Å². The molecule has 7 heteroatoms. The fraction of sp³-hybridized carbons (Fsp3) is 0.0435. The summed E-state index contributed by atoms with van der Waals surface area (Å²) < 4.78 is 41.9. The lowest BCUT2D eigenvalue weighted by Gasteiger charge is -2.08. The van der Waals surface area contributed by atoms with Crippen molar-refractivity contribution < 1.29 is 17.6 Å². The van der Waals surface area contributed by atoms with Crippen LogP contribution in [0.1, 0.15) is 5.56 Å². The highest BCUT2D eigenvalue weighted by Gasteiger charge is 2.24. The van der Waals surface area contributed by atoms with Crippen LogP contribution in [0.3, 0.4) is 0 Å². The van der Waals surface area contributed by atoms with Gasteiger partial charge in [-0.1, -0.05) is 18.2 Å². The summed E-state index contributed by atoms with van der Waals surface area (Å²) in [5.74, 6) is -0.908. The smallest absolute Gasteiger partial charge is 0.362 e. The first-order valence-corrected chi connectivity index (χ1v) is 9.26. The Morgan fingerprint density at radius 1 is 0.967 bits per heavy atom. The number of hydrogen-bond donors (Lipinski definition) is 0. The molecule has 30 heavy (non-hydrogen) atoms. The fourth-order valence-electron chi connectivity index (χ4n) is 4.14. The van der Waals surface area contributed by atoms with Crippen molar-refractivity contribution in [2.45, 2.75) is 6.54 Å². The van der Waals surface area contributed by atoms with Gasteiger partial charge in [0.25, 0.3) is 0 Å². The van der Waals surface area contributed by atoms with Gasteiger partial charge in [0, 0.05) is 22.5 Å². The van der Waals surface area contributed by atoms with Crippen molar-refractivity contribution in [3.05, 3.63) is 88.6 Å². The van der Waals surface area contributed by atoms with Crippen LogP contribution in [0, 0.1) is 11.6 Å². The number of halogens is 2. The van der Waals surface area contributed by atoms with Gasteiger partial charge in [0.1, 0.15) is 22.7 Å². The summed E-state index contributed by atoms with van der Waals surface area (Å²) in [7, 11) is 0. The molecule has 4 aromatic heterocycles. The van der Waals surface area contributed by atoms with Gasteiger partial charge in [-0.2, -0.15) is 0 Å². The van der Waals surface area contributed by atoms with Crippen molar-refractivity contribution in [3.8, 4) is 0 Å². The van der Waals surface area contributed by atoms with Crippen LogP contribution in [0.15, 0.2) is 74.6 Å². The van der Waals surface area contributed by atoms with E-state index in [0.29, 0.717) is 38.2 Å². The number of fused-ring (bicyclic) bond motifs is 7. The zero-order chi connectivity index (χ0) is 20.4. The maximum Gasteiger partial charge on any atom is 0.362 e. The molecule has 0 N–H and O–H groups in total. The van der Waals surface area contributed by atoms with Gasteiger partial charge < -0.3 is 13.4 Å². The summed E-state index contributed by atoms with van der Waals surface area (Å²) in [6.07, 6.45) is 2.93. The molecule has 0 radical (unpaired) electrons. The summed E-state index contributed by atoms with van der Waals surface area (Å²) in [5.41, 5.74) is 0.835. The molecule has 0 amide bonds.